The Morgan fingerprint density at radius 3 is 2.14 bits per heavy atom. The van der Waals surface area contributed by atoms with Crippen LogP contribution in [-0.4, -0.2) is 31.1 Å². The molecule has 6 heteroatoms. The highest BCUT2D eigenvalue weighted by atomic mass is 16.8. The van der Waals surface area contributed by atoms with Crippen LogP contribution in [-0.2, 0) is 28.9 Å². The van der Waals surface area contributed by atoms with Gasteiger partial charge >= 0.3 is 17.9 Å². The van der Waals surface area contributed by atoms with Gasteiger partial charge in [-0.1, -0.05) is 19.3 Å². The molecule has 0 aromatic carbocycles. The van der Waals surface area contributed by atoms with Crippen LogP contribution in [0.2, 0.25) is 0 Å². The molecule has 0 N–H and O–H groups in total. The summed E-state index contributed by atoms with van der Waals surface area (Å²) in [6.45, 7) is 6.20. The second-order valence-electron chi connectivity index (χ2n) is 6.85. The Balaban J connectivity index is 2.28. The van der Waals surface area contributed by atoms with E-state index in [-0.39, 0.29) is 25.1 Å². The maximum atomic E-state index is 12.0. The molecular weight excluding hydrogens is 288 g/mol. The molecule has 0 bridgehead atoms. The van der Waals surface area contributed by atoms with Gasteiger partial charge in [0.2, 0.25) is 0 Å². The zero-order valence-corrected chi connectivity index (χ0v) is 14.0. The quantitative estimate of drug-likeness (QED) is 0.427. The monoisotopic (exact) mass is 315 g/mol. The SMILES string of the molecule is CC([O])(OCCOC(=O)C(C)(C)C)OC(=O)C1CCCCC1. The maximum absolute atomic E-state index is 12.0. The molecule has 1 saturated carbocycles. The van der Waals surface area contributed by atoms with Crippen LogP contribution in [0.1, 0.15) is 59.8 Å². The molecule has 0 aliphatic heterocycles. The van der Waals surface area contributed by atoms with Crippen LogP contribution in [0.5, 0.6) is 0 Å². The van der Waals surface area contributed by atoms with Gasteiger partial charge in [-0.25, -0.2) is 0 Å². The lowest BCUT2D eigenvalue weighted by Gasteiger charge is -2.26. The van der Waals surface area contributed by atoms with Crippen LogP contribution in [0.25, 0.3) is 0 Å². The van der Waals surface area contributed by atoms with E-state index < -0.39 is 17.4 Å². The zero-order valence-electron chi connectivity index (χ0n) is 14.0. The zero-order chi connectivity index (χ0) is 16.8. The largest absolute Gasteiger partial charge is 0.463 e. The maximum Gasteiger partial charge on any atom is 0.354 e. The summed E-state index contributed by atoms with van der Waals surface area (Å²) in [6.07, 6.45) is 4.61. The van der Waals surface area contributed by atoms with Crippen LogP contribution in [0.4, 0.5) is 0 Å². The van der Waals surface area contributed by atoms with Crippen molar-refractivity contribution < 1.29 is 28.9 Å². The number of esters is 2. The fourth-order valence-electron chi connectivity index (χ4n) is 2.21. The van der Waals surface area contributed by atoms with Gasteiger partial charge in [-0.05, 0) is 33.6 Å². The minimum atomic E-state index is -2.25. The molecule has 1 fully saturated rings. The molecule has 1 rings (SSSR count). The van der Waals surface area contributed by atoms with E-state index in [4.69, 9.17) is 14.2 Å². The van der Waals surface area contributed by atoms with Gasteiger partial charge in [-0.15, -0.1) is 0 Å². The molecule has 0 aromatic heterocycles. The van der Waals surface area contributed by atoms with E-state index in [9.17, 15) is 14.7 Å². The average molecular weight is 315 g/mol. The molecule has 6 nitrogen and oxygen atoms in total. The van der Waals surface area contributed by atoms with Crippen molar-refractivity contribution in [1.29, 1.82) is 0 Å². The third-order valence-electron chi connectivity index (χ3n) is 3.52. The Labute approximate surface area is 132 Å². The molecule has 0 heterocycles. The van der Waals surface area contributed by atoms with E-state index in [0.29, 0.717) is 0 Å². The minimum Gasteiger partial charge on any atom is -0.463 e. The predicted octanol–water partition coefficient (Wildman–Crippen LogP) is 2.82. The first-order valence-electron chi connectivity index (χ1n) is 7.86. The third-order valence-corrected chi connectivity index (χ3v) is 3.52. The van der Waals surface area contributed by atoms with Gasteiger partial charge in [0.05, 0.1) is 17.9 Å². The van der Waals surface area contributed by atoms with Gasteiger partial charge < -0.3 is 14.2 Å². The topological polar surface area (TPSA) is 81.7 Å². The van der Waals surface area contributed by atoms with Crippen molar-refractivity contribution in [3.63, 3.8) is 0 Å². The Morgan fingerprint density at radius 2 is 1.59 bits per heavy atom. The molecule has 1 unspecified atom stereocenters. The van der Waals surface area contributed by atoms with E-state index >= 15 is 0 Å². The fourth-order valence-corrected chi connectivity index (χ4v) is 2.21. The highest BCUT2D eigenvalue weighted by Gasteiger charge is 2.33. The number of hydrogen-bond acceptors (Lipinski definition) is 5. The van der Waals surface area contributed by atoms with Gasteiger partial charge in [0.15, 0.2) is 0 Å². The Morgan fingerprint density at radius 1 is 1.00 bits per heavy atom. The molecule has 0 aromatic rings. The van der Waals surface area contributed by atoms with Crippen molar-refractivity contribution in [3.8, 4) is 0 Å². The van der Waals surface area contributed by atoms with Crippen molar-refractivity contribution >= 4 is 11.9 Å². The second kappa shape index (κ2) is 7.92. The normalized spacial score (nSPS) is 19.3. The van der Waals surface area contributed by atoms with Crippen molar-refractivity contribution in [2.45, 2.75) is 65.8 Å². The molecule has 0 spiro atoms. The summed E-state index contributed by atoms with van der Waals surface area (Å²) in [7, 11) is 0. The van der Waals surface area contributed by atoms with Crippen LogP contribution in [0.15, 0.2) is 0 Å². The molecule has 0 saturated heterocycles. The summed E-state index contributed by atoms with van der Waals surface area (Å²) < 4.78 is 14.9. The number of carbonyl (C=O) groups is 2. The van der Waals surface area contributed by atoms with E-state index in [0.717, 1.165) is 39.0 Å². The smallest absolute Gasteiger partial charge is 0.354 e. The molecule has 1 aliphatic carbocycles. The molecule has 1 radical (unpaired) electrons. The van der Waals surface area contributed by atoms with Crippen molar-refractivity contribution in [3.05, 3.63) is 0 Å². The standard InChI is InChI=1S/C16H27O6/c1-15(2,3)14(18)20-10-11-21-16(4,19)22-13(17)12-8-6-5-7-9-12/h12H,5-11H2,1-4H3. The Hall–Kier alpha value is -1.14. The lowest BCUT2D eigenvalue weighted by Crippen LogP contribution is -2.37. The fraction of sp³-hybridized carbons (Fsp3) is 0.875. The summed E-state index contributed by atoms with van der Waals surface area (Å²) in [5, 5.41) is 12.0. The highest BCUT2D eigenvalue weighted by molar-refractivity contribution is 5.75. The second-order valence-corrected chi connectivity index (χ2v) is 6.85. The average Bonchev–Trinajstić information content (AvgIpc) is 2.42. The van der Waals surface area contributed by atoms with Crippen molar-refractivity contribution in [2.24, 2.45) is 11.3 Å². The van der Waals surface area contributed by atoms with Crippen molar-refractivity contribution in [2.75, 3.05) is 13.2 Å². The van der Waals surface area contributed by atoms with Gasteiger partial charge in [-0.3, -0.25) is 9.59 Å². The van der Waals surface area contributed by atoms with E-state index in [1.165, 1.54) is 0 Å². The molecule has 22 heavy (non-hydrogen) atoms. The third kappa shape index (κ3) is 6.75. The van der Waals surface area contributed by atoms with Gasteiger partial charge in [0.1, 0.15) is 6.61 Å². The minimum absolute atomic E-state index is 0.0467. The lowest BCUT2D eigenvalue weighted by molar-refractivity contribution is -0.361. The first-order chi connectivity index (χ1) is 10.1. The van der Waals surface area contributed by atoms with Gasteiger partial charge in [0, 0.05) is 6.92 Å². The molecule has 0 amide bonds. The predicted molar refractivity (Wildman–Crippen MR) is 78.1 cm³/mol. The Kier molecular flexibility index (Phi) is 6.81. The molecule has 1 atom stereocenters. The number of ether oxygens (including phenoxy) is 3. The van der Waals surface area contributed by atoms with E-state index in [2.05, 4.69) is 0 Å². The van der Waals surface area contributed by atoms with Gasteiger partial charge in [-0.2, -0.15) is 5.11 Å². The Bertz CT molecular complexity index is 377. The van der Waals surface area contributed by atoms with Crippen molar-refractivity contribution in [1.82, 2.24) is 0 Å². The number of carbonyl (C=O) groups excluding carboxylic acids is 2. The summed E-state index contributed by atoms with van der Waals surface area (Å²) in [5.74, 6) is -3.32. The lowest BCUT2D eigenvalue weighted by atomic mass is 9.89. The van der Waals surface area contributed by atoms with Crippen LogP contribution in [0, 0.1) is 11.3 Å². The summed E-state index contributed by atoms with van der Waals surface area (Å²) in [6, 6.07) is 0. The summed E-state index contributed by atoms with van der Waals surface area (Å²) in [4.78, 5) is 23.4. The first kappa shape index (κ1) is 18.9. The van der Waals surface area contributed by atoms with Crippen LogP contribution < -0.4 is 0 Å². The van der Waals surface area contributed by atoms with Gasteiger partial charge in [0.25, 0.3) is 0 Å². The first-order valence-corrected chi connectivity index (χ1v) is 7.86. The van der Waals surface area contributed by atoms with E-state index in [1.54, 1.807) is 20.8 Å². The number of rotatable bonds is 6. The van der Waals surface area contributed by atoms with Crippen LogP contribution in [0.3, 0.4) is 0 Å². The summed E-state index contributed by atoms with van der Waals surface area (Å²) in [5.41, 5.74) is -0.603. The van der Waals surface area contributed by atoms with Crippen LogP contribution >= 0.6 is 0 Å². The van der Waals surface area contributed by atoms with E-state index in [1.807, 2.05) is 0 Å². The summed E-state index contributed by atoms with van der Waals surface area (Å²) >= 11 is 0. The number of hydrogen-bond donors (Lipinski definition) is 0. The molecule has 127 valence electrons. The highest BCUT2D eigenvalue weighted by Crippen LogP contribution is 2.26. The molecular formula is C16H27O6. The molecule has 1 aliphatic rings.